The Kier molecular flexibility index (Phi) is 4.85. The normalized spacial score (nSPS) is 14.4. The van der Waals surface area contributed by atoms with Gasteiger partial charge in [0.2, 0.25) is 0 Å². The molecule has 0 heterocycles. The zero-order valence-corrected chi connectivity index (χ0v) is 12.1. The van der Waals surface area contributed by atoms with Crippen molar-refractivity contribution >= 4 is 0 Å². The highest BCUT2D eigenvalue weighted by molar-refractivity contribution is 4.90. The topological polar surface area (TPSA) is 12.0 Å². The van der Waals surface area contributed by atoms with Crippen molar-refractivity contribution in [1.82, 2.24) is 5.32 Å². The molecule has 15 heavy (non-hydrogen) atoms. The minimum Gasteiger partial charge on any atom is -0.307 e. The van der Waals surface area contributed by atoms with E-state index in [0.29, 0.717) is 5.41 Å². The average Bonchev–Trinajstić information content (AvgIpc) is 1.74. The fourth-order valence-electron chi connectivity index (χ4n) is 2.97. The zero-order valence-electron chi connectivity index (χ0n) is 12.1. The summed E-state index contributed by atoms with van der Waals surface area (Å²) in [5.41, 5.74) is 0.860. The molecule has 0 aromatic carbocycles. The van der Waals surface area contributed by atoms with Gasteiger partial charge in [0, 0.05) is 11.1 Å². The Morgan fingerprint density at radius 3 is 1.60 bits per heavy atom. The summed E-state index contributed by atoms with van der Waals surface area (Å²) in [6.07, 6.45) is 3.68. The van der Waals surface area contributed by atoms with Crippen LogP contribution in [0.2, 0.25) is 0 Å². The van der Waals surface area contributed by atoms with Crippen molar-refractivity contribution in [2.45, 2.75) is 85.7 Å². The van der Waals surface area contributed by atoms with Crippen LogP contribution in [-0.2, 0) is 0 Å². The average molecular weight is 213 g/mol. The molecule has 0 aromatic heterocycles. The maximum Gasteiger partial charge on any atom is 0.0135 e. The third-order valence-electron chi connectivity index (χ3n) is 2.52. The molecule has 0 aliphatic carbocycles. The summed E-state index contributed by atoms with van der Waals surface area (Å²) in [6, 6.07) is 0. The predicted molar refractivity (Wildman–Crippen MR) is 70.3 cm³/mol. The maximum atomic E-state index is 3.79. The van der Waals surface area contributed by atoms with Crippen LogP contribution in [0.1, 0.15) is 74.7 Å². The predicted octanol–water partition coefficient (Wildman–Crippen LogP) is 4.37. The fourth-order valence-corrected chi connectivity index (χ4v) is 2.97. The Morgan fingerprint density at radius 1 is 0.800 bits per heavy atom. The second kappa shape index (κ2) is 4.86. The van der Waals surface area contributed by atoms with E-state index in [1.54, 1.807) is 0 Å². The molecule has 0 saturated heterocycles. The van der Waals surface area contributed by atoms with E-state index >= 15 is 0 Å². The Balaban J connectivity index is 4.36. The highest BCUT2D eigenvalue weighted by Gasteiger charge is 2.30. The standard InChI is InChI=1S/C14H31N/c1-9-10-13(5,6)15-14(7,8)11-12(2,3)4/h15H,9-11H2,1-8H3. The molecule has 0 aliphatic rings. The van der Waals surface area contributed by atoms with Crippen LogP contribution in [0.3, 0.4) is 0 Å². The molecule has 0 fully saturated rings. The molecule has 0 bridgehead atoms. The van der Waals surface area contributed by atoms with Gasteiger partial charge in [-0.1, -0.05) is 34.1 Å². The fraction of sp³-hybridized carbons (Fsp3) is 1.00. The monoisotopic (exact) mass is 213 g/mol. The van der Waals surface area contributed by atoms with Gasteiger partial charge >= 0.3 is 0 Å². The van der Waals surface area contributed by atoms with Crippen LogP contribution in [0.4, 0.5) is 0 Å². The van der Waals surface area contributed by atoms with E-state index in [1.165, 1.54) is 19.3 Å². The SMILES string of the molecule is CCCC(C)(C)NC(C)(C)CC(C)(C)C. The first kappa shape index (κ1) is 15.0. The molecule has 0 amide bonds. The summed E-state index contributed by atoms with van der Waals surface area (Å²) >= 11 is 0. The lowest BCUT2D eigenvalue weighted by Crippen LogP contribution is -2.53. The smallest absolute Gasteiger partial charge is 0.0135 e. The molecule has 0 unspecified atom stereocenters. The van der Waals surface area contributed by atoms with Crippen LogP contribution in [-0.4, -0.2) is 11.1 Å². The van der Waals surface area contributed by atoms with Gasteiger partial charge in [-0.25, -0.2) is 0 Å². The number of rotatable bonds is 5. The molecular weight excluding hydrogens is 182 g/mol. The minimum absolute atomic E-state index is 0.219. The highest BCUT2D eigenvalue weighted by atomic mass is 15.0. The van der Waals surface area contributed by atoms with Gasteiger partial charge in [-0.15, -0.1) is 0 Å². The summed E-state index contributed by atoms with van der Waals surface area (Å²) in [7, 11) is 0. The highest BCUT2D eigenvalue weighted by Crippen LogP contribution is 2.29. The van der Waals surface area contributed by atoms with E-state index in [9.17, 15) is 0 Å². The van der Waals surface area contributed by atoms with E-state index in [4.69, 9.17) is 0 Å². The third-order valence-corrected chi connectivity index (χ3v) is 2.52. The van der Waals surface area contributed by atoms with Gasteiger partial charge in [0.05, 0.1) is 0 Å². The molecule has 0 atom stereocenters. The Morgan fingerprint density at radius 2 is 1.27 bits per heavy atom. The van der Waals surface area contributed by atoms with Crippen LogP contribution in [0.15, 0.2) is 0 Å². The zero-order chi connectivity index (χ0) is 12.3. The van der Waals surface area contributed by atoms with E-state index < -0.39 is 0 Å². The van der Waals surface area contributed by atoms with Gasteiger partial charge < -0.3 is 5.32 Å². The van der Waals surface area contributed by atoms with Crippen molar-refractivity contribution in [1.29, 1.82) is 0 Å². The van der Waals surface area contributed by atoms with Crippen molar-refractivity contribution in [2.75, 3.05) is 0 Å². The van der Waals surface area contributed by atoms with Gasteiger partial charge in [0.15, 0.2) is 0 Å². The van der Waals surface area contributed by atoms with Crippen LogP contribution in [0.5, 0.6) is 0 Å². The van der Waals surface area contributed by atoms with Gasteiger partial charge in [-0.2, -0.15) is 0 Å². The molecule has 0 saturated carbocycles. The summed E-state index contributed by atoms with van der Waals surface area (Å²) in [5, 5.41) is 3.79. The van der Waals surface area contributed by atoms with E-state index in [1.807, 2.05) is 0 Å². The number of nitrogens with one attached hydrogen (secondary N) is 1. The molecule has 0 aliphatic heterocycles. The van der Waals surface area contributed by atoms with Gasteiger partial charge in [0.25, 0.3) is 0 Å². The minimum atomic E-state index is 0.219. The van der Waals surface area contributed by atoms with Crippen molar-refractivity contribution in [3.63, 3.8) is 0 Å². The van der Waals surface area contributed by atoms with Crippen LogP contribution < -0.4 is 5.32 Å². The second-order valence-corrected chi connectivity index (χ2v) is 7.38. The number of hydrogen-bond acceptors (Lipinski definition) is 1. The Hall–Kier alpha value is -0.0400. The lowest BCUT2D eigenvalue weighted by Gasteiger charge is -2.40. The second-order valence-electron chi connectivity index (χ2n) is 7.38. The Labute approximate surface area is 97.0 Å². The summed E-state index contributed by atoms with van der Waals surface area (Å²) < 4.78 is 0. The summed E-state index contributed by atoms with van der Waals surface area (Å²) in [5.74, 6) is 0. The molecule has 0 spiro atoms. The van der Waals surface area contributed by atoms with Crippen molar-refractivity contribution in [3.8, 4) is 0 Å². The van der Waals surface area contributed by atoms with Crippen molar-refractivity contribution in [3.05, 3.63) is 0 Å². The molecule has 0 aromatic rings. The molecule has 1 heteroatoms. The first-order valence-electron chi connectivity index (χ1n) is 6.27. The first-order chi connectivity index (χ1) is 6.47. The lowest BCUT2D eigenvalue weighted by molar-refractivity contribution is 0.184. The number of hydrogen-bond donors (Lipinski definition) is 1. The summed E-state index contributed by atoms with van der Waals surface area (Å²) in [6.45, 7) is 18.4. The largest absolute Gasteiger partial charge is 0.307 e. The maximum absolute atomic E-state index is 3.79. The molecule has 92 valence electrons. The quantitative estimate of drug-likeness (QED) is 0.715. The van der Waals surface area contributed by atoms with Crippen molar-refractivity contribution < 1.29 is 0 Å². The first-order valence-corrected chi connectivity index (χ1v) is 6.27. The van der Waals surface area contributed by atoms with Gasteiger partial charge in [-0.3, -0.25) is 0 Å². The van der Waals surface area contributed by atoms with Crippen molar-refractivity contribution in [2.24, 2.45) is 5.41 Å². The molecule has 0 radical (unpaired) electrons. The molecular formula is C14H31N. The molecule has 1 N–H and O–H groups in total. The van der Waals surface area contributed by atoms with Gasteiger partial charge in [0.1, 0.15) is 0 Å². The van der Waals surface area contributed by atoms with E-state index in [0.717, 1.165) is 0 Å². The van der Waals surface area contributed by atoms with Crippen LogP contribution >= 0.6 is 0 Å². The third kappa shape index (κ3) is 7.84. The van der Waals surface area contributed by atoms with E-state index in [-0.39, 0.29) is 11.1 Å². The van der Waals surface area contributed by atoms with Gasteiger partial charge in [-0.05, 0) is 46.0 Å². The summed E-state index contributed by atoms with van der Waals surface area (Å²) in [4.78, 5) is 0. The van der Waals surface area contributed by atoms with Crippen LogP contribution in [0, 0.1) is 5.41 Å². The molecule has 1 nitrogen and oxygen atoms in total. The van der Waals surface area contributed by atoms with E-state index in [2.05, 4.69) is 60.7 Å². The van der Waals surface area contributed by atoms with Crippen LogP contribution in [0.25, 0.3) is 0 Å². The lowest BCUT2D eigenvalue weighted by atomic mass is 9.80. The Bertz CT molecular complexity index is 184. The molecule has 0 rings (SSSR count).